The zero-order valence-electron chi connectivity index (χ0n) is 12.8. The van der Waals surface area contributed by atoms with E-state index in [9.17, 15) is 18.0 Å². The molecule has 0 N–H and O–H groups in total. The average Bonchev–Trinajstić information content (AvgIpc) is 2.55. The van der Waals surface area contributed by atoms with E-state index in [1.807, 2.05) is 0 Å². The number of rotatable bonds is 3. The third kappa shape index (κ3) is 2.83. The van der Waals surface area contributed by atoms with E-state index in [4.69, 9.17) is 11.6 Å². The van der Waals surface area contributed by atoms with Crippen molar-refractivity contribution < 1.29 is 18.0 Å². The molecule has 124 valence electrons. The summed E-state index contributed by atoms with van der Waals surface area (Å²) in [5, 5.41) is 0.382. The summed E-state index contributed by atoms with van der Waals surface area (Å²) >= 11 is 5.92. The number of halogens is 1. The normalized spacial score (nSPS) is 14.4. The topological polar surface area (TPSA) is 71.5 Å². The predicted octanol–water partition coefficient (Wildman–Crippen LogP) is 3.32. The number of Topliss-reactive ketones (excluding diaryl/α,β-unsaturated/α-hetero) is 2. The van der Waals surface area contributed by atoms with Crippen LogP contribution in [0.1, 0.15) is 34.1 Å². The smallest absolute Gasteiger partial charge is 0.264 e. The summed E-state index contributed by atoms with van der Waals surface area (Å²) in [7, 11) is -3.83. The van der Waals surface area contributed by atoms with Gasteiger partial charge in [-0.1, -0.05) is 23.7 Å². The van der Waals surface area contributed by atoms with Gasteiger partial charge in [0.2, 0.25) is 0 Å². The lowest BCUT2D eigenvalue weighted by Crippen LogP contribution is -2.37. The predicted molar refractivity (Wildman–Crippen MR) is 91.4 cm³/mol. The van der Waals surface area contributed by atoms with Crippen molar-refractivity contribution in [1.29, 1.82) is 0 Å². The molecule has 0 atom stereocenters. The van der Waals surface area contributed by atoms with E-state index in [1.165, 1.54) is 47.6 Å². The van der Waals surface area contributed by atoms with Crippen molar-refractivity contribution in [2.24, 2.45) is 0 Å². The van der Waals surface area contributed by atoms with Gasteiger partial charge < -0.3 is 0 Å². The van der Waals surface area contributed by atoms with Gasteiger partial charge in [0, 0.05) is 29.1 Å². The van der Waals surface area contributed by atoms with Crippen molar-refractivity contribution in [3.05, 3.63) is 58.6 Å². The number of fused-ring (bicyclic) bond motifs is 1. The number of ketones is 2. The average molecular weight is 364 g/mol. The van der Waals surface area contributed by atoms with E-state index in [-0.39, 0.29) is 29.4 Å². The van der Waals surface area contributed by atoms with Gasteiger partial charge in [0.1, 0.15) is 0 Å². The van der Waals surface area contributed by atoms with Gasteiger partial charge in [-0.2, -0.15) is 0 Å². The van der Waals surface area contributed by atoms with Gasteiger partial charge in [-0.15, -0.1) is 0 Å². The van der Waals surface area contributed by atoms with Crippen LogP contribution in [0.4, 0.5) is 5.69 Å². The summed E-state index contributed by atoms with van der Waals surface area (Å²) in [4.78, 5) is 23.5. The van der Waals surface area contributed by atoms with Crippen LogP contribution < -0.4 is 4.31 Å². The largest absolute Gasteiger partial charge is 0.295 e. The monoisotopic (exact) mass is 363 g/mol. The maximum absolute atomic E-state index is 12.9. The molecule has 1 aliphatic rings. The molecule has 3 rings (SSSR count). The molecule has 24 heavy (non-hydrogen) atoms. The second kappa shape index (κ2) is 6.03. The number of benzene rings is 2. The van der Waals surface area contributed by atoms with Crippen LogP contribution in [-0.4, -0.2) is 26.5 Å². The molecule has 0 unspecified atom stereocenters. The molecule has 1 aliphatic heterocycles. The Hall–Kier alpha value is -2.18. The Morgan fingerprint density at radius 1 is 1.12 bits per heavy atom. The van der Waals surface area contributed by atoms with Gasteiger partial charge in [0.15, 0.2) is 11.6 Å². The van der Waals surface area contributed by atoms with Crippen molar-refractivity contribution in [2.75, 3.05) is 10.8 Å². The van der Waals surface area contributed by atoms with E-state index in [0.29, 0.717) is 21.8 Å². The quantitative estimate of drug-likeness (QED) is 0.784. The lowest BCUT2D eigenvalue weighted by molar-refractivity contribution is 0.0980. The van der Waals surface area contributed by atoms with Crippen LogP contribution in [0, 0.1) is 0 Å². The van der Waals surface area contributed by atoms with Crippen molar-refractivity contribution >= 4 is 38.9 Å². The third-order valence-electron chi connectivity index (χ3n) is 3.92. The number of carbonyl (C=O) groups is 2. The molecule has 2 aromatic rings. The minimum Gasteiger partial charge on any atom is -0.295 e. The van der Waals surface area contributed by atoms with Crippen LogP contribution >= 0.6 is 11.6 Å². The SMILES string of the molecule is CC(=O)c1ccc(S(=O)(=O)N2CCC(=O)c3cc(Cl)ccc32)cc1. The van der Waals surface area contributed by atoms with Crippen LogP contribution in [0.2, 0.25) is 5.02 Å². The molecule has 2 aromatic carbocycles. The highest BCUT2D eigenvalue weighted by atomic mass is 35.5. The van der Waals surface area contributed by atoms with E-state index >= 15 is 0 Å². The molecule has 0 aromatic heterocycles. The van der Waals surface area contributed by atoms with Crippen molar-refractivity contribution in [1.82, 2.24) is 0 Å². The van der Waals surface area contributed by atoms with Gasteiger partial charge >= 0.3 is 0 Å². The first kappa shape index (κ1) is 16.7. The standard InChI is InChI=1S/C17H14ClNO4S/c1-11(20)12-2-5-14(6-3-12)24(22,23)19-9-8-17(21)15-10-13(18)4-7-16(15)19/h2-7,10H,8-9H2,1H3. The summed E-state index contributed by atoms with van der Waals surface area (Å²) in [6.07, 6.45) is 0.0953. The maximum atomic E-state index is 12.9. The molecule has 5 nitrogen and oxygen atoms in total. The zero-order valence-corrected chi connectivity index (χ0v) is 14.4. The Kier molecular flexibility index (Phi) is 4.19. The Balaban J connectivity index is 2.06. The molecule has 0 bridgehead atoms. The lowest BCUT2D eigenvalue weighted by Gasteiger charge is -2.29. The molecule has 0 saturated carbocycles. The minimum absolute atomic E-state index is 0.0720. The van der Waals surface area contributed by atoms with Crippen molar-refractivity contribution in [3.8, 4) is 0 Å². The van der Waals surface area contributed by atoms with Gasteiger partial charge in [0.25, 0.3) is 10.0 Å². The lowest BCUT2D eigenvalue weighted by atomic mass is 10.0. The fourth-order valence-corrected chi connectivity index (χ4v) is 4.30. The van der Waals surface area contributed by atoms with Crippen molar-refractivity contribution in [2.45, 2.75) is 18.2 Å². The summed E-state index contributed by atoms with van der Waals surface area (Å²) in [6.45, 7) is 1.49. The van der Waals surface area contributed by atoms with Crippen LogP contribution in [0.15, 0.2) is 47.4 Å². The molecular formula is C17H14ClNO4S. The summed E-state index contributed by atoms with van der Waals surface area (Å²) in [5.74, 6) is -0.270. The molecule has 0 aliphatic carbocycles. The molecular weight excluding hydrogens is 350 g/mol. The summed E-state index contributed by atoms with van der Waals surface area (Å²) < 4.78 is 27.0. The second-order valence-corrected chi connectivity index (χ2v) is 7.79. The molecule has 0 amide bonds. The highest BCUT2D eigenvalue weighted by molar-refractivity contribution is 7.92. The van der Waals surface area contributed by atoms with E-state index in [0.717, 1.165) is 0 Å². The van der Waals surface area contributed by atoms with Gasteiger partial charge in [-0.3, -0.25) is 13.9 Å². The zero-order chi connectivity index (χ0) is 17.5. The first-order chi connectivity index (χ1) is 11.3. The Labute approximate surface area is 144 Å². The highest BCUT2D eigenvalue weighted by Gasteiger charge is 2.32. The van der Waals surface area contributed by atoms with Gasteiger partial charge in [-0.05, 0) is 37.3 Å². The van der Waals surface area contributed by atoms with Crippen LogP contribution in [0.25, 0.3) is 0 Å². The fourth-order valence-electron chi connectivity index (χ4n) is 2.65. The first-order valence-corrected chi connectivity index (χ1v) is 9.09. The molecule has 0 saturated heterocycles. The first-order valence-electron chi connectivity index (χ1n) is 7.27. The van der Waals surface area contributed by atoms with Crippen LogP contribution in [0.5, 0.6) is 0 Å². The van der Waals surface area contributed by atoms with Crippen LogP contribution in [0.3, 0.4) is 0 Å². The molecule has 0 radical (unpaired) electrons. The summed E-state index contributed by atoms with van der Waals surface area (Å²) in [5.41, 5.74) is 1.07. The van der Waals surface area contributed by atoms with E-state index in [1.54, 1.807) is 6.07 Å². The Morgan fingerprint density at radius 3 is 2.42 bits per heavy atom. The number of anilines is 1. The molecule has 7 heteroatoms. The summed E-state index contributed by atoms with van der Waals surface area (Å²) in [6, 6.07) is 10.3. The number of sulfonamides is 1. The van der Waals surface area contributed by atoms with Gasteiger partial charge in [0.05, 0.1) is 10.6 Å². The fraction of sp³-hybridized carbons (Fsp3) is 0.176. The number of nitrogens with zero attached hydrogens (tertiary/aromatic N) is 1. The Morgan fingerprint density at radius 2 is 1.79 bits per heavy atom. The molecule has 0 fully saturated rings. The van der Waals surface area contributed by atoms with E-state index < -0.39 is 10.0 Å². The van der Waals surface area contributed by atoms with E-state index in [2.05, 4.69) is 0 Å². The molecule has 1 heterocycles. The highest BCUT2D eigenvalue weighted by Crippen LogP contribution is 2.33. The van der Waals surface area contributed by atoms with Gasteiger partial charge in [-0.25, -0.2) is 8.42 Å². The minimum atomic E-state index is -3.83. The number of hydrogen-bond donors (Lipinski definition) is 0. The Bertz CT molecular complexity index is 936. The van der Waals surface area contributed by atoms with Crippen LogP contribution in [-0.2, 0) is 10.0 Å². The van der Waals surface area contributed by atoms with Crippen molar-refractivity contribution in [3.63, 3.8) is 0 Å². The number of carbonyl (C=O) groups excluding carboxylic acids is 2. The second-order valence-electron chi connectivity index (χ2n) is 5.49. The maximum Gasteiger partial charge on any atom is 0.264 e. The molecule has 0 spiro atoms. The third-order valence-corrected chi connectivity index (χ3v) is 5.98. The number of hydrogen-bond acceptors (Lipinski definition) is 4.